The molecule has 0 aliphatic carbocycles. The van der Waals surface area contributed by atoms with E-state index in [2.05, 4.69) is 0 Å². The molecule has 0 amide bonds. The lowest BCUT2D eigenvalue weighted by atomic mass is 10.0. The molecule has 5 heteroatoms. The quantitative estimate of drug-likeness (QED) is 0.655. The lowest BCUT2D eigenvalue weighted by Gasteiger charge is -2.05. The maximum absolute atomic E-state index is 9.60. The van der Waals surface area contributed by atoms with E-state index in [1.807, 2.05) is 30.3 Å². The molecule has 122 valence electrons. The van der Waals surface area contributed by atoms with Crippen LogP contribution in [0.1, 0.15) is 0 Å². The fourth-order valence-electron chi connectivity index (χ4n) is 2.04. The SMILES string of the molecule is C(OCC1CO1)C1CO1.Oc1cccc(-c2ccccc2)c1O. The van der Waals surface area contributed by atoms with Crippen LogP contribution in [0, 0.1) is 0 Å². The van der Waals surface area contributed by atoms with Gasteiger partial charge in [0.1, 0.15) is 12.2 Å². The number of epoxide rings is 2. The van der Waals surface area contributed by atoms with Gasteiger partial charge < -0.3 is 24.4 Å². The minimum absolute atomic E-state index is 0.0706. The Labute approximate surface area is 135 Å². The molecule has 0 aromatic heterocycles. The molecule has 5 nitrogen and oxygen atoms in total. The second-order valence-corrected chi connectivity index (χ2v) is 5.49. The predicted molar refractivity (Wildman–Crippen MR) is 85.5 cm³/mol. The molecule has 4 rings (SSSR count). The molecule has 2 aliphatic heterocycles. The van der Waals surface area contributed by atoms with E-state index in [0.29, 0.717) is 17.8 Å². The number of aromatic hydroxyl groups is 2. The average Bonchev–Trinajstić information content (AvgIpc) is 3.47. The van der Waals surface area contributed by atoms with Crippen LogP contribution in [0.2, 0.25) is 0 Å². The van der Waals surface area contributed by atoms with Crippen molar-refractivity contribution in [2.75, 3.05) is 26.4 Å². The van der Waals surface area contributed by atoms with Gasteiger partial charge in [-0.2, -0.15) is 0 Å². The van der Waals surface area contributed by atoms with Crippen molar-refractivity contribution < 1.29 is 24.4 Å². The van der Waals surface area contributed by atoms with E-state index in [-0.39, 0.29) is 11.5 Å². The largest absolute Gasteiger partial charge is 0.504 e. The van der Waals surface area contributed by atoms with Crippen molar-refractivity contribution in [1.82, 2.24) is 0 Å². The number of phenols is 2. The molecule has 2 atom stereocenters. The summed E-state index contributed by atoms with van der Waals surface area (Å²) < 4.78 is 15.1. The topological polar surface area (TPSA) is 74.8 Å². The number of para-hydroxylation sites is 1. The summed E-state index contributed by atoms with van der Waals surface area (Å²) in [5.74, 6) is -0.162. The van der Waals surface area contributed by atoms with Gasteiger partial charge in [0.05, 0.1) is 26.4 Å². The van der Waals surface area contributed by atoms with Gasteiger partial charge in [0.15, 0.2) is 11.5 Å². The Morgan fingerprint density at radius 1 is 0.870 bits per heavy atom. The monoisotopic (exact) mass is 316 g/mol. The number of benzene rings is 2. The summed E-state index contributed by atoms with van der Waals surface area (Å²) in [5.41, 5.74) is 1.53. The Morgan fingerprint density at radius 3 is 2.04 bits per heavy atom. The zero-order valence-electron chi connectivity index (χ0n) is 12.7. The molecule has 0 radical (unpaired) electrons. The van der Waals surface area contributed by atoms with Crippen LogP contribution >= 0.6 is 0 Å². The highest BCUT2D eigenvalue weighted by Crippen LogP contribution is 2.35. The van der Waals surface area contributed by atoms with E-state index >= 15 is 0 Å². The Hall–Kier alpha value is -2.08. The van der Waals surface area contributed by atoms with Crippen LogP contribution in [0.5, 0.6) is 11.5 Å². The summed E-state index contributed by atoms with van der Waals surface area (Å²) in [7, 11) is 0. The van der Waals surface area contributed by atoms with Crippen molar-refractivity contribution >= 4 is 0 Å². The molecular formula is C18H20O5. The van der Waals surface area contributed by atoms with Crippen LogP contribution in [-0.4, -0.2) is 48.8 Å². The van der Waals surface area contributed by atoms with E-state index in [0.717, 1.165) is 32.0 Å². The molecule has 0 bridgehead atoms. The minimum Gasteiger partial charge on any atom is -0.504 e. The minimum atomic E-state index is -0.0913. The third-order valence-corrected chi connectivity index (χ3v) is 3.51. The number of hydrogen-bond donors (Lipinski definition) is 2. The first-order valence-corrected chi connectivity index (χ1v) is 7.61. The lowest BCUT2D eigenvalue weighted by molar-refractivity contribution is 0.102. The van der Waals surface area contributed by atoms with E-state index in [9.17, 15) is 10.2 Å². The molecule has 2 aromatic carbocycles. The van der Waals surface area contributed by atoms with Gasteiger partial charge >= 0.3 is 0 Å². The van der Waals surface area contributed by atoms with Gasteiger partial charge in [0.25, 0.3) is 0 Å². The standard InChI is InChI=1S/C12H10O2.C6H10O3/c13-11-8-4-7-10(12(11)14)9-5-2-1-3-6-9;1(5-3-8-5)7-2-6-4-9-6/h1-8,13-14H;5-6H,1-4H2. The summed E-state index contributed by atoms with van der Waals surface area (Å²) in [4.78, 5) is 0. The molecule has 0 saturated carbocycles. The maximum atomic E-state index is 9.60. The van der Waals surface area contributed by atoms with Crippen molar-refractivity contribution in [1.29, 1.82) is 0 Å². The molecule has 23 heavy (non-hydrogen) atoms. The zero-order valence-corrected chi connectivity index (χ0v) is 12.7. The van der Waals surface area contributed by atoms with E-state index in [1.54, 1.807) is 12.1 Å². The summed E-state index contributed by atoms with van der Waals surface area (Å²) in [5, 5.41) is 18.9. The van der Waals surface area contributed by atoms with Crippen LogP contribution < -0.4 is 0 Å². The van der Waals surface area contributed by atoms with Crippen LogP contribution in [0.4, 0.5) is 0 Å². The van der Waals surface area contributed by atoms with Gasteiger partial charge in [-0.1, -0.05) is 42.5 Å². The third kappa shape index (κ3) is 4.96. The molecule has 2 unspecified atom stereocenters. The Morgan fingerprint density at radius 2 is 1.48 bits per heavy atom. The molecule has 2 heterocycles. The lowest BCUT2D eigenvalue weighted by Crippen LogP contribution is -2.06. The summed E-state index contributed by atoms with van der Waals surface area (Å²) in [6.07, 6.45) is 0.785. The molecule has 0 spiro atoms. The van der Waals surface area contributed by atoms with Crippen LogP contribution in [-0.2, 0) is 14.2 Å². The number of phenolic OH excluding ortho intramolecular Hbond substituents is 2. The Balaban J connectivity index is 0.000000149. The number of hydrogen-bond acceptors (Lipinski definition) is 5. The predicted octanol–water partition coefficient (Wildman–Crippen LogP) is 2.57. The molecule has 2 fully saturated rings. The first-order chi connectivity index (χ1) is 11.2. The number of rotatable bonds is 5. The molecular weight excluding hydrogens is 296 g/mol. The van der Waals surface area contributed by atoms with Gasteiger partial charge in [-0.3, -0.25) is 0 Å². The normalized spacial score (nSPS) is 21.2. The average molecular weight is 316 g/mol. The second-order valence-electron chi connectivity index (χ2n) is 5.49. The van der Waals surface area contributed by atoms with Gasteiger partial charge in [0, 0.05) is 5.56 Å². The Kier molecular flexibility index (Phi) is 5.12. The van der Waals surface area contributed by atoms with Crippen molar-refractivity contribution in [3.8, 4) is 22.6 Å². The first kappa shape index (κ1) is 15.8. The van der Waals surface area contributed by atoms with Gasteiger partial charge in [-0.05, 0) is 11.6 Å². The van der Waals surface area contributed by atoms with E-state index in [1.165, 1.54) is 6.07 Å². The smallest absolute Gasteiger partial charge is 0.165 e. The van der Waals surface area contributed by atoms with Gasteiger partial charge in [-0.25, -0.2) is 0 Å². The highest BCUT2D eigenvalue weighted by Gasteiger charge is 2.26. The van der Waals surface area contributed by atoms with Crippen molar-refractivity contribution in [2.24, 2.45) is 0 Å². The van der Waals surface area contributed by atoms with Gasteiger partial charge in [-0.15, -0.1) is 0 Å². The molecule has 2 N–H and O–H groups in total. The van der Waals surface area contributed by atoms with Crippen molar-refractivity contribution in [3.63, 3.8) is 0 Å². The van der Waals surface area contributed by atoms with Crippen molar-refractivity contribution in [3.05, 3.63) is 48.5 Å². The molecule has 2 aliphatic rings. The van der Waals surface area contributed by atoms with Crippen molar-refractivity contribution in [2.45, 2.75) is 12.2 Å². The summed E-state index contributed by atoms with van der Waals surface area (Å²) in [6, 6.07) is 14.4. The highest BCUT2D eigenvalue weighted by atomic mass is 16.6. The first-order valence-electron chi connectivity index (χ1n) is 7.61. The number of ether oxygens (including phenoxy) is 3. The van der Waals surface area contributed by atoms with Gasteiger partial charge in [0.2, 0.25) is 0 Å². The van der Waals surface area contributed by atoms with E-state index < -0.39 is 0 Å². The van der Waals surface area contributed by atoms with Crippen LogP contribution in [0.25, 0.3) is 11.1 Å². The molecule has 2 saturated heterocycles. The second kappa shape index (κ2) is 7.46. The molecule has 2 aromatic rings. The highest BCUT2D eigenvalue weighted by molar-refractivity contribution is 5.72. The Bertz CT molecular complexity index is 609. The zero-order chi connectivity index (χ0) is 16.1. The van der Waals surface area contributed by atoms with E-state index in [4.69, 9.17) is 14.2 Å². The summed E-state index contributed by atoms with van der Waals surface area (Å²) in [6.45, 7) is 3.26. The summed E-state index contributed by atoms with van der Waals surface area (Å²) >= 11 is 0. The fourth-order valence-corrected chi connectivity index (χ4v) is 2.04. The maximum Gasteiger partial charge on any atom is 0.165 e. The van der Waals surface area contributed by atoms with Crippen LogP contribution in [0.15, 0.2) is 48.5 Å². The van der Waals surface area contributed by atoms with Crippen LogP contribution in [0.3, 0.4) is 0 Å². The third-order valence-electron chi connectivity index (χ3n) is 3.51. The fraction of sp³-hybridized carbons (Fsp3) is 0.333.